The maximum atomic E-state index is 6.65. The lowest BCUT2D eigenvalue weighted by atomic mass is 10.5. The Labute approximate surface area is 77.8 Å². The van der Waals surface area contributed by atoms with Gasteiger partial charge in [-0.15, -0.1) is 0 Å². The average Bonchev–Trinajstić information content (AvgIpc) is 2.32. The summed E-state index contributed by atoms with van der Waals surface area (Å²) in [5, 5.41) is 0.837. The summed E-state index contributed by atoms with van der Waals surface area (Å²) in [6, 6.07) is 1.92. The fraction of sp³-hybridized carbons (Fsp3) is 0.286. The van der Waals surface area contributed by atoms with Crippen LogP contribution >= 0.6 is 27.3 Å². The van der Waals surface area contributed by atoms with Gasteiger partial charge >= 0.3 is 0 Å². The number of halogens is 1. The minimum absolute atomic E-state index is 0.437. The van der Waals surface area contributed by atoms with Gasteiger partial charge in [-0.3, -0.25) is 0 Å². The molecule has 0 aliphatic heterocycles. The van der Waals surface area contributed by atoms with Gasteiger partial charge in [0.05, 0.1) is 16.5 Å². The molecule has 0 aliphatic rings. The molecule has 0 spiro atoms. The van der Waals surface area contributed by atoms with Crippen LogP contribution in [0.15, 0.2) is 10.5 Å². The Morgan fingerprint density at radius 3 is 3.00 bits per heavy atom. The van der Waals surface area contributed by atoms with E-state index in [0.29, 0.717) is 6.54 Å². The van der Waals surface area contributed by atoms with Crippen molar-refractivity contribution in [2.45, 2.75) is 6.54 Å². The number of hydrogen-bond donors (Lipinski definition) is 0. The summed E-state index contributed by atoms with van der Waals surface area (Å²) in [5.74, 6) is 0. The summed E-state index contributed by atoms with van der Waals surface area (Å²) in [6.45, 7) is 7.09. The van der Waals surface area contributed by atoms with Gasteiger partial charge in [0.1, 0.15) is 0 Å². The van der Waals surface area contributed by atoms with Crippen LogP contribution in [-0.2, 0) is 6.54 Å². The predicted molar refractivity (Wildman–Crippen MR) is 48.9 cm³/mol. The smallest absolute Gasteiger partial charge is 0.248 e. The minimum Gasteiger partial charge on any atom is -0.486 e. The topological polar surface area (TPSA) is 13.6 Å². The zero-order chi connectivity index (χ0) is 8.27. The van der Waals surface area contributed by atoms with Crippen molar-refractivity contribution in [1.82, 2.24) is 0 Å². The van der Waals surface area contributed by atoms with Gasteiger partial charge in [-0.1, -0.05) is 11.3 Å². The van der Waals surface area contributed by atoms with Gasteiger partial charge in [-0.25, -0.2) is 6.57 Å². The Kier molecular flexibility index (Phi) is 2.92. The zero-order valence-corrected chi connectivity index (χ0v) is 8.33. The first-order valence-corrected chi connectivity index (χ1v) is 4.54. The molecule has 0 aromatic carbocycles. The van der Waals surface area contributed by atoms with E-state index >= 15 is 0 Å². The molecular formula is C7H6BrNOS. The van der Waals surface area contributed by atoms with E-state index in [-0.39, 0.29) is 0 Å². The lowest BCUT2D eigenvalue weighted by Crippen LogP contribution is -1.75. The maximum Gasteiger partial charge on any atom is 0.248 e. The summed E-state index contributed by atoms with van der Waals surface area (Å²) in [7, 11) is 1.62. The lowest BCUT2D eigenvalue weighted by molar-refractivity contribution is 0.425. The first-order valence-electron chi connectivity index (χ1n) is 2.93. The van der Waals surface area contributed by atoms with Crippen molar-refractivity contribution in [1.29, 1.82) is 0 Å². The van der Waals surface area contributed by atoms with Crippen molar-refractivity contribution in [3.05, 3.63) is 26.8 Å². The van der Waals surface area contributed by atoms with Crippen LogP contribution in [0, 0.1) is 6.57 Å². The molecule has 0 atom stereocenters. The molecule has 1 aromatic heterocycles. The Hall–Kier alpha value is -0.530. The van der Waals surface area contributed by atoms with E-state index in [1.54, 1.807) is 7.11 Å². The first kappa shape index (κ1) is 8.57. The molecule has 4 heteroatoms. The molecule has 11 heavy (non-hydrogen) atoms. The van der Waals surface area contributed by atoms with E-state index in [0.717, 1.165) is 14.4 Å². The molecule has 1 aromatic rings. The predicted octanol–water partition coefficient (Wildman–Crippen LogP) is 2.94. The summed E-state index contributed by atoms with van der Waals surface area (Å²) in [4.78, 5) is 4.31. The van der Waals surface area contributed by atoms with Crippen LogP contribution in [0.3, 0.4) is 0 Å². The third kappa shape index (κ3) is 1.95. The third-order valence-corrected chi connectivity index (χ3v) is 3.06. The fourth-order valence-electron chi connectivity index (χ4n) is 0.693. The first-order chi connectivity index (χ1) is 5.27. The van der Waals surface area contributed by atoms with Gasteiger partial charge in [-0.05, 0) is 22.0 Å². The fourth-order valence-corrected chi connectivity index (χ4v) is 2.31. The van der Waals surface area contributed by atoms with Crippen molar-refractivity contribution in [3.63, 3.8) is 0 Å². The highest BCUT2D eigenvalue weighted by molar-refractivity contribution is 9.10. The van der Waals surface area contributed by atoms with Gasteiger partial charge < -0.3 is 9.58 Å². The number of nitrogens with zero attached hydrogens (tertiary/aromatic N) is 1. The van der Waals surface area contributed by atoms with E-state index < -0.39 is 0 Å². The second kappa shape index (κ2) is 3.74. The summed E-state index contributed by atoms with van der Waals surface area (Å²) in [6.07, 6.45) is 0. The molecule has 0 saturated carbocycles. The van der Waals surface area contributed by atoms with Gasteiger partial charge in [0, 0.05) is 0 Å². The SMILES string of the molecule is [C-]#[N+]Cc1cc(Br)c(OC)s1. The summed E-state index contributed by atoms with van der Waals surface area (Å²) in [5.41, 5.74) is 0. The van der Waals surface area contributed by atoms with E-state index in [4.69, 9.17) is 11.3 Å². The van der Waals surface area contributed by atoms with Crippen molar-refractivity contribution >= 4 is 27.3 Å². The van der Waals surface area contributed by atoms with Crippen LogP contribution in [0.25, 0.3) is 4.85 Å². The normalized spacial score (nSPS) is 9.18. The van der Waals surface area contributed by atoms with Crippen molar-refractivity contribution < 1.29 is 4.74 Å². The van der Waals surface area contributed by atoms with Crippen LogP contribution in [0.4, 0.5) is 0 Å². The average molecular weight is 232 g/mol. The Bertz CT molecular complexity index is 289. The van der Waals surface area contributed by atoms with Crippen LogP contribution in [0.5, 0.6) is 5.06 Å². The number of methoxy groups -OCH3 is 1. The number of ether oxygens (including phenoxy) is 1. The van der Waals surface area contributed by atoms with Crippen LogP contribution in [-0.4, -0.2) is 7.11 Å². The highest BCUT2D eigenvalue weighted by Gasteiger charge is 2.07. The monoisotopic (exact) mass is 231 g/mol. The number of thiophene rings is 1. The Balaban J connectivity index is 2.88. The molecule has 0 aliphatic carbocycles. The molecule has 0 amide bonds. The molecule has 0 saturated heterocycles. The molecule has 58 valence electrons. The van der Waals surface area contributed by atoms with E-state index in [1.807, 2.05) is 6.07 Å². The maximum absolute atomic E-state index is 6.65. The van der Waals surface area contributed by atoms with E-state index in [2.05, 4.69) is 20.8 Å². The van der Waals surface area contributed by atoms with Crippen molar-refractivity contribution in [2.24, 2.45) is 0 Å². The highest BCUT2D eigenvalue weighted by atomic mass is 79.9. The van der Waals surface area contributed by atoms with Crippen LogP contribution < -0.4 is 4.74 Å². The van der Waals surface area contributed by atoms with Gasteiger partial charge in [0.25, 0.3) is 0 Å². The molecule has 0 unspecified atom stereocenters. The van der Waals surface area contributed by atoms with Crippen molar-refractivity contribution in [3.8, 4) is 5.06 Å². The van der Waals surface area contributed by atoms with E-state index in [1.165, 1.54) is 11.3 Å². The van der Waals surface area contributed by atoms with Gasteiger partial charge in [0.2, 0.25) is 6.54 Å². The highest BCUT2D eigenvalue weighted by Crippen LogP contribution is 2.34. The molecular weight excluding hydrogens is 226 g/mol. The van der Waals surface area contributed by atoms with Crippen LogP contribution in [0.1, 0.15) is 4.88 Å². The standard InChI is InChI=1S/C7H6BrNOS/c1-9-4-5-3-6(8)7(10-2)11-5/h3H,4H2,2H3. The largest absolute Gasteiger partial charge is 0.486 e. The summed E-state index contributed by atoms with van der Waals surface area (Å²) >= 11 is 4.83. The lowest BCUT2D eigenvalue weighted by Gasteiger charge is -1.91. The zero-order valence-electron chi connectivity index (χ0n) is 5.93. The summed E-state index contributed by atoms with van der Waals surface area (Å²) < 4.78 is 5.97. The molecule has 0 radical (unpaired) electrons. The number of rotatable bonds is 2. The van der Waals surface area contributed by atoms with E-state index in [9.17, 15) is 0 Å². The molecule has 0 N–H and O–H groups in total. The minimum atomic E-state index is 0.437. The Morgan fingerprint density at radius 2 is 2.55 bits per heavy atom. The van der Waals surface area contributed by atoms with Gasteiger partial charge in [0.15, 0.2) is 5.06 Å². The molecule has 2 nitrogen and oxygen atoms in total. The molecule has 1 rings (SSSR count). The molecule has 1 heterocycles. The number of hydrogen-bond acceptors (Lipinski definition) is 2. The molecule has 0 fully saturated rings. The van der Waals surface area contributed by atoms with Crippen molar-refractivity contribution in [2.75, 3.05) is 7.11 Å². The third-order valence-electron chi connectivity index (χ3n) is 1.13. The molecule has 0 bridgehead atoms. The second-order valence-electron chi connectivity index (χ2n) is 1.87. The Morgan fingerprint density at radius 1 is 1.82 bits per heavy atom. The second-order valence-corrected chi connectivity index (χ2v) is 3.82. The quantitative estimate of drug-likeness (QED) is 0.714. The van der Waals surface area contributed by atoms with Gasteiger partial charge in [-0.2, -0.15) is 0 Å². The van der Waals surface area contributed by atoms with Crippen LogP contribution in [0.2, 0.25) is 0 Å².